The van der Waals surface area contributed by atoms with Crippen LogP contribution in [0.4, 0.5) is 27.6 Å². The van der Waals surface area contributed by atoms with Crippen LogP contribution >= 0.6 is 45.2 Å². The van der Waals surface area contributed by atoms with Gasteiger partial charge in [0.25, 0.3) is 5.91 Å². The van der Waals surface area contributed by atoms with Crippen LogP contribution in [0, 0.1) is 36.2 Å². The lowest BCUT2D eigenvalue weighted by Gasteiger charge is -2.15. The van der Waals surface area contributed by atoms with Gasteiger partial charge in [-0.25, -0.2) is 22.0 Å². The van der Waals surface area contributed by atoms with Crippen molar-refractivity contribution in [2.75, 3.05) is 5.01 Å². The normalized spacial score (nSPS) is 14.6. The molecule has 1 amide bonds. The summed E-state index contributed by atoms with van der Waals surface area (Å²) in [5.41, 5.74) is 0.102. The highest BCUT2D eigenvalue weighted by atomic mass is 127. The van der Waals surface area contributed by atoms with Crippen molar-refractivity contribution in [3.05, 3.63) is 95.4 Å². The number of halogens is 7. The first-order chi connectivity index (χ1) is 16.6. The first kappa shape index (κ1) is 25.5. The summed E-state index contributed by atoms with van der Waals surface area (Å²) in [4.78, 5) is 12.8. The summed E-state index contributed by atoms with van der Waals surface area (Å²) in [6, 6.07) is 12.9. The van der Waals surface area contributed by atoms with Crippen LogP contribution in [0.5, 0.6) is 5.75 Å². The highest BCUT2D eigenvalue weighted by Gasteiger charge is 2.37. The number of hydrogen-bond acceptors (Lipinski definition) is 3. The molecule has 1 aliphatic heterocycles. The standard InChI is InChI=1S/C24H13F5I2N2O2/c1-11-15(24(34)33(32-11)23-21(28)19(26)18(25)20(27)22(23)29)8-13-4-7-17(16(31)9-13)35-10-12-2-5-14(30)6-3-12/h2-9H,10H2,1H3/b15-8+. The maximum Gasteiger partial charge on any atom is 0.280 e. The summed E-state index contributed by atoms with van der Waals surface area (Å²) in [5, 5.41) is 3.91. The summed E-state index contributed by atoms with van der Waals surface area (Å²) in [7, 11) is 0. The molecule has 0 N–H and O–H groups in total. The Hall–Kier alpha value is -2.55. The molecule has 1 heterocycles. The van der Waals surface area contributed by atoms with Gasteiger partial charge in [-0.1, -0.05) is 18.2 Å². The molecule has 4 rings (SSSR count). The number of ether oxygens (including phenoxy) is 1. The maximum absolute atomic E-state index is 14.2. The van der Waals surface area contributed by atoms with Crippen molar-refractivity contribution in [2.45, 2.75) is 13.5 Å². The molecule has 0 saturated carbocycles. The topological polar surface area (TPSA) is 41.9 Å². The summed E-state index contributed by atoms with van der Waals surface area (Å²) >= 11 is 4.28. The van der Waals surface area contributed by atoms with E-state index in [9.17, 15) is 26.7 Å². The SMILES string of the molecule is CC1=NN(c2c(F)c(F)c(F)c(F)c2F)C(=O)/C1=C/c1ccc(OCc2ccc(I)cc2)c(I)c1. The second-order valence-corrected chi connectivity index (χ2v) is 9.79. The van der Waals surface area contributed by atoms with Gasteiger partial charge >= 0.3 is 0 Å². The van der Waals surface area contributed by atoms with E-state index >= 15 is 0 Å². The van der Waals surface area contributed by atoms with E-state index in [4.69, 9.17) is 4.74 Å². The number of carbonyl (C=O) groups is 1. The average Bonchev–Trinajstić information content (AvgIpc) is 3.10. The van der Waals surface area contributed by atoms with Gasteiger partial charge in [0.15, 0.2) is 23.3 Å². The monoisotopic (exact) mass is 710 g/mol. The molecular formula is C24H13F5I2N2O2. The van der Waals surface area contributed by atoms with Crippen LogP contribution in [0.2, 0.25) is 0 Å². The van der Waals surface area contributed by atoms with E-state index in [1.165, 1.54) is 13.0 Å². The summed E-state index contributed by atoms with van der Waals surface area (Å²) < 4.78 is 76.7. The summed E-state index contributed by atoms with van der Waals surface area (Å²) in [5.74, 6) is -11.3. The van der Waals surface area contributed by atoms with E-state index in [-0.39, 0.29) is 16.3 Å². The molecule has 0 atom stereocenters. The largest absolute Gasteiger partial charge is 0.488 e. The number of nitrogens with zero attached hydrogens (tertiary/aromatic N) is 2. The fourth-order valence-corrected chi connectivity index (χ4v) is 4.30. The van der Waals surface area contributed by atoms with Crippen molar-refractivity contribution >= 4 is 68.6 Å². The summed E-state index contributed by atoms with van der Waals surface area (Å²) in [6.45, 7) is 1.74. The van der Waals surface area contributed by atoms with Crippen LogP contribution in [0.25, 0.3) is 6.08 Å². The number of amides is 1. The molecule has 0 aromatic heterocycles. The number of benzene rings is 3. The van der Waals surface area contributed by atoms with Crippen molar-refractivity contribution in [1.29, 1.82) is 0 Å². The molecule has 0 aliphatic carbocycles. The van der Waals surface area contributed by atoms with Gasteiger partial charge in [0.1, 0.15) is 18.0 Å². The molecule has 1 aliphatic rings. The van der Waals surface area contributed by atoms with Gasteiger partial charge in [0.05, 0.1) is 14.9 Å². The zero-order chi connectivity index (χ0) is 25.4. The van der Waals surface area contributed by atoms with Crippen LogP contribution in [-0.4, -0.2) is 11.6 Å². The number of hydrogen-bond donors (Lipinski definition) is 0. The highest BCUT2D eigenvalue weighted by molar-refractivity contribution is 14.1. The molecule has 0 radical (unpaired) electrons. The van der Waals surface area contributed by atoms with E-state index in [0.717, 1.165) is 12.7 Å². The Kier molecular flexibility index (Phi) is 7.45. The molecular weight excluding hydrogens is 697 g/mol. The van der Waals surface area contributed by atoms with Crippen LogP contribution < -0.4 is 9.75 Å². The van der Waals surface area contributed by atoms with Crippen LogP contribution in [0.1, 0.15) is 18.1 Å². The lowest BCUT2D eigenvalue weighted by atomic mass is 10.1. The van der Waals surface area contributed by atoms with E-state index in [0.29, 0.717) is 17.9 Å². The van der Waals surface area contributed by atoms with Gasteiger partial charge in [-0.3, -0.25) is 4.79 Å². The van der Waals surface area contributed by atoms with Crippen molar-refractivity contribution in [3.63, 3.8) is 0 Å². The Labute approximate surface area is 223 Å². The molecule has 0 saturated heterocycles. The Balaban J connectivity index is 1.58. The minimum Gasteiger partial charge on any atom is -0.488 e. The van der Waals surface area contributed by atoms with Gasteiger partial charge < -0.3 is 4.74 Å². The van der Waals surface area contributed by atoms with E-state index in [1.807, 2.05) is 24.3 Å². The van der Waals surface area contributed by atoms with Crippen molar-refractivity contribution in [1.82, 2.24) is 0 Å². The lowest BCUT2D eigenvalue weighted by molar-refractivity contribution is -0.114. The van der Waals surface area contributed by atoms with E-state index in [2.05, 4.69) is 50.3 Å². The van der Waals surface area contributed by atoms with Crippen LogP contribution in [-0.2, 0) is 11.4 Å². The maximum atomic E-state index is 14.2. The first-order valence-electron chi connectivity index (χ1n) is 9.88. The smallest absolute Gasteiger partial charge is 0.280 e. The fraction of sp³-hybridized carbons (Fsp3) is 0.0833. The molecule has 3 aromatic carbocycles. The van der Waals surface area contributed by atoms with Gasteiger partial charge in [-0.15, -0.1) is 0 Å². The van der Waals surface area contributed by atoms with Crippen molar-refractivity contribution in [2.24, 2.45) is 5.10 Å². The molecule has 11 heteroatoms. The average molecular weight is 710 g/mol. The predicted molar refractivity (Wildman–Crippen MR) is 137 cm³/mol. The molecule has 0 fully saturated rings. The molecule has 35 heavy (non-hydrogen) atoms. The van der Waals surface area contributed by atoms with Crippen molar-refractivity contribution < 1.29 is 31.5 Å². The van der Waals surface area contributed by atoms with Crippen LogP contribution in [0.3, 0.4) is 0 Å². The van der Waals surface area contributed by atoms with Gasteiger partial charge in [0, 0.05) is 3.57 Å². The number of hydrazone groups is 1. The fourth-order valence-electron chi connectivity index (χ4n) is 3.25. The molecule has 180 valence electrons. The second-order valence-electron chi connectivity index (χ2n) is 7.38. The zero-order valence-electron chi connectivity index (χ0n) is 17.7. The third-order valence-corrected chi connectivity index (χ3v) is 6.60. The highest BCUT2D eigenvalue weighted by Crippen LogP contribution is 2.34. The quantitative estimate of drug-likeness (QED) is 0.0944. The first-order valence-corrected chi connectivity index (χ1v) is 12.0. The minimum absolute atomic E-state index is 0.0491. The van der Waals surface area contributed by atoms with Gasteiger partial charge in [0.2, 0.25) is 5.82 Å². The third-order valence-electron chi connectivity index (χ3n) is 5.04. The Morgan fingerprint density at radius 3 is 2.11 bits per heavy atom. The lowest BCUT2D eigenvalue weighted by Crippen LogP contribution is -2.25. The third kappa shape index (κ3) is 5.06. The number of anilines is 1. The number of rotatable bonds is 5. The molecule has 3 aromatic rings. The summed E-state index contributed by atoms with van der Waals surface area (Å²) in [6.07, 6.45) is 1.41. The van der Waals surface area contributed by atoms with Crippen LogP contribution in [0.15, 0.2) is 53.1 Å². The van der Waals surface area contributed by atoms with E-state index < -0.39 is 40.7 Å². The molecule has 0 unspecified atom stereocenters. The molecule has 0 spiro atoms. The molecule has 4 nitrogen and oxygen atoms in total. The number of carbonyl (C=O) groups excluding carboxylic acids is 1. The second kappa shape index (κ2) is 10.2. The molecule has 0 bridgehead atoms. The van der Waals surface area contributed by atoms with Gasteiger partial charge in [-0.05, 0) is 93.6 Å². The Morgan fingerprint density at radius 1 is 0.914 bits per heavy atom. The van der Waals surface area contributed by atoms with Crippen molar-refractivity contribution in [3.8, 4) is 5.75 Å². The Morgan fingerprint density at radius 2 is 1.51 bits per heavy atom. The minimum atomic E-state index is -2.31. The van der Waals surface area contributed by atoms with Gasteiger partial charge in [-0.2, -0.15) is 10.1 Å². The Bertz CT molecular complexity index is 1380. The zero-order valence-corrected chi connectivity index (χ0v) is 22.0. The van der Waals surface area contributed by atoms with E-state index in [1.54, 1.807) is 18.2 Å². The predicted octanol–water partition coefficient (Wildman–Crippen LogP) is 6.98.